The molecule has 0 amide bonds. The van der Waals surface area contributed by atoms with Crippen molar-refractivity contribution in [2.75, 3.05) is 12.0 Å². The van der Waals surface area contributed by atoms with E-state index in [2.05, 4.69) is 47.4 Å². The van der Waals surface area contributed by atoms with Crippen LogP contribution in [0.4, 0.5) is 11.5 Å². The molecule has 0 saturated carbocycles. The van der Waals surface area contributed by atoms with Crippen molar-refractivity contribution in [1.29, 1.82) is 0 Å². The highest BCUT2D eigenvalue weighted by Gasteiger charge is 2.14. The molecule has 10 heteroatoms. The lowest BCUT2D eigenvalue weighted by atomic mass is 10.2. The number of halogens is 2. The van der Waals surface area contributed by atoms with Gasteiger partial charge in [-0.25, -0.2) is 4.98 Å². The number of nitrogens with zero attached hydrogens (tertiary/aromatic N) is 3. The fourth-order valence-electron chi connectivity index (χ4n) is 1.70. The van der Waals surface area contributed by atoms with Gasteiger partial charge in [0.2, 0.25) is 0 Å². The highest BCUT2D eigenvalue weighted by atomic mass is 79.9. The average molecular weight is 460 g/mol. The Bertz CT molecular complexity index is 781. The van der Waals surface area contributed by atoms with E-state index in [1.807, 2.05) is 6.92 Å². The number of aromatic hydroxyl groups is 1. The molecule has 1 aromatic carbocycles. The number of pyridine rings is 1. The fourth-order valence-corrected chi connectivity index (χ4v) is 2.53. The van der Waals surface area contributed by atoms with Gasteiger partial charge < -0.3 is 9.84 Å². The normalized spacial score (nSPS) is 10.8. The number of phenols is 1. The molecular weight excluding hydrogens is 448 g/mol. The molecule has 0 aliphatic heterocycles. The maximum Gasteiger partial charge on any atom is 0.287 e. The Morgan fingerprint density at radius 3 is 2.79 bits per heavy atom. The van der Waals surface area contributed by atoms with E-state index in [0.29, 0.717) is 32.7 Å². The van der Waals surface area contributed by atoms with Gasteiger partial charge in [0.1, 0.15) is 12.0 Å². The molecule has 0 radical (unpaired) electrons. The van der Waals surface area contributed by atoms with E-state index in [1.165, 1.54) is 18.3 Å². The van der Waals surface area contributed by atoms with E-state index in [9.17, 15) is 15.2 Å². The number of rotatable bonds is 6. The highest BCUT2D eigenvalue weighted by molar-refractivity contribution is 9.13. The number of hydrogen-bond donors (Lipinski definition) is 2. The van der Waals surface area contributed by atoms with Crippen LogP contribution in [0.25, 0.3) is 0 Å². The van der Waals surface area contributed by atoms with Crippen molar-refractivity contribution >= 4 is 49.6 Å². The molecule has 0 spiro atoms. The van der Waals surface area contributed by atoms with Crippen LogP contribution in [0.2, 0.25) is 0 Å². The van der Waals surface area contributed by atoms with Gasteiger partial charge >= 0.3 is 0 Å². The summed E-state index contributed by atoms with van der Waals surface area (Å²) >= 11 is 6.63. The maximum atomic E-state index is 10.6. The molecule has 2 rings (SSSR count). The number of hydrazone groups is 1. The van der Waals surface area contributed by atoms with Gasteiger partial charge in [0, 0.05) is 16.1 Å². The van der Waals surface area contributed by atoms with Crippen LogP contribution < -0.4 is 10.2 Å². The smallest absolute Gasteiger partial charge is 0.287 e. The quantitative estimate of drug-likeness (QED) is 0.382. The van der Waals surface area contributed by atoms with E-state index in [0.717, 1.165) is 6.20 Å². The summed E-state index contributed by atoms with van der Waals surface area (Å²) in [4.78, 5) is 13.9. The number of hydrogen-bond acceptors (Lipinski definition) is 7. The van der Waals surface area contributed by atoms with Crippen molar-refractivity contribution < 1.29 is 14.8 Å². The third-order valence-electron chi connectivity index (χ3n) is 2.82. The van der Waals surface area contributed by atoms with Gasteiger partial charge in [-0.15, -0.1) is 0 Å². The van der Waals surface area contributed by atoms with Gasteiger partial charge in [0.25, 0.3) is 5.69 Å². The molecule has 2 N–H and O–H groups in total. The van der Waals surface area contributed by atoms with Crippen LogP contribution in [0.3, 0.4) is 0 Å². The molecule has 0 saturated heterocycles. The number of nitro groups is 1. The van der Waals surface area contributed by atoms with E-state index >= 15 is 0 Å². The summed E-state index contributed by atoms with van der Waals surface area (Å²) in [6.45, 7) is 2.22. The molecule has 24 heavy (non-hydrogen) atoms. The van der Waals surface area contributed by atoms with Crippen LogP contribution in [-0.4, -0.2) is 27.8 Å². The monoisotopic (exact) mass is 458 g/mol. The molecule has 0 unspecified atom stereocenters. The molecule has 2 aromatic rings. The summed E-state index contributed by atoms with van der Waals surface area (Å²) in [6, 6.07) is 4.40. The fraction of sp³-hybridized carbons (Fsp3) is 0.143. The second kappa shape index (κ2) is 8.06. The summed E-state index contributed by atoms with van der Waals surface area (Å²) in [6.07, 6.45) is 2.64. The molecule has 8 nitrogen and oxygen atoms in total. The first-order valence-corrected chi connectivity index (χ1v) is 8.26. The Hall–Kier alpha value is -2.20. The van der Waals surface area contributed by atoms with Crippen molar-refractivity contribution in [2.24, 2.45) is 5.10 Å². The molecule has 0 aliphatic rings. The lowest BCUT2D eigenvalue weighted by Crippen LogP contribution is -1.97. The number of ether oxygens (including phenoxy) is 1. The number of benzene rings is 1. The van der Waals surface area contributed by atoms with Crippen molar-refractivity contribution in [3.8, 4) is 11.5 Å². The van der Waals surface area contributed by atoms with Gasteiger partial charge in [-0.05, 0) is 50.9 Å². The minimum atomic E-state index is -0.527. The molecule has 1 aromatic heterocycles. The average Bonchev–Trinajstić information content (AvgIpc) is 2.57. The third-order valence-corrected chi connectivity index (χ3v) is 4.97. The molecule has 0 atom stereocenters. The minimum Gasteiger partial charge on any atom is -0.503 e. The summed E-state index contributed by atoms with van der Waals surface area (Å²) in [5.74, 6) is 0.671. The van der Waals surface area contributed by atoms with Gasteiger partial charge in [-0.3, -0.25) is 15.5 Å². The van der Waals surface area contributed by atoms with Crippen LogP contribution in [0.15, 0.2) is 38.4 Å². The standard InChI is InChI=1S/C14H12Br2N4O4/c1-2-24-10-5-8(12(15)13(16)14(10)21)6-18-19-11-4-3-9(7-17-11)20(22)23/h3-7,21H,2H2,1H3,(H,17,19). The van der Waals surface area contributed by atoms with Crippen LogP contribution in [-0.2, 0) is 0 Å². The SMILES string of the molecule is CCOc1cc(C=NNc2ccc([N+](=O)[O-])cn2)c(Br)c(Br)c1O. The van der Waals surface area contributed by atoms with Crippen molar-refractivity contribution in [2.45, 2.75) is 6.92 Å². The first-order valence-electron chi connectivity index (χ1n) is 6.67. The molecule has 0 fully saturated rings. The largest absolute Gasteiger partial charge is 0.503 e. The Morgan fingerprint density at radius 2 is 2.21 bits per heavy atom. The number of aromatic nitrogens is 1. The summed E-state index contributed by atoms with van der Waals surface area (Å²) in [7, 11) is 0. The van der Waals surface area contributed by atoms with Crippen molar-refractivity contribution in [1.82, 2.24) is 4.98 Å². The predicted molar refractivity (Wildman–Crippen MR) is 96.8 cm³/mol. The Morgan fingerprint density at radius 1 is 1.46 bits per heavy atom. The third kappa shape index (κ3) is 4.20. The molecule has 1 heterocycles. The van der Waals surface area contributed by atoms with Crippen molar-refractivity contribution in [3.63, 3.8) is 0 Å². The van der Waals surface area contributed by atoms with Crippen LogP contribution >= 0.6 is 31.9 Å². The Kier molecular flexibility index (Phi) is 6.10. The van der Waals surface area contributed by atoms with Gasteiger partial charge in [-0.1, -0.05) is 0 Å². The zero-order valence-electron chi connectivity index (χ0n) is 12.4. The van der Waals surface area contributed by atoms with Crippen LogP contribution in [0, 0.1) is 10.1 Å². The maximum absolute atomic E-state index is 10.6. The highest BCUT2D eigenvalue weighted by Crippen LogP contribution is 2.41. The van der Waals surface area contributed by atoms with E-state index in [1.54, 1.807) is 6.07 Å². The molecular formula is C14H12Br2N4O4. The summed E-state index contributed by atoms with van der Waals surface area (Å²) in [5, 5.41) is 24.6. The Labute approximate surface area is 154 Å². The molecule has 126 valence electrons. The lowest BCUT2D eigenvalue weighted by molar-refractivity contribution is -0.385. The minimum absolute atomic E-state index is 0.00845. The zero-order valence-corrected chi connectivity index (χ0v) is 15.5. The second-order valence-electron chi connectivity index (χ2n) is 4.40. The van der Waals surface area contributed by atoms with E-state index in [-0.39, 0.29) is 11.4 Å². The molecule has 0 bridgehead atoms. The predicted octanol–water partition coefficient (Wildman–Crippen LogP) is 4.07. The van der Waals surface area contributed by atoms with Crippen LogP contribution in [0.1, 0.15) is 12.5 Å². The zero-order chi connectivity index (χ0) is 17.7. The second-order valence-corrected chi connectivity index (χ2v) is 5.99. The summed E-state index contributed by atoms with van der Waals surface area (Å²) < 4.78 is 6.40. The molecule has 0 aliphatic carbocycles. The first-order chi connectivity index (χ1) is 11.4. The number of nitrogens with one attached hydrogen (secondary N) is 1. The first kappa shape index (κ1) is 18.1. The lowest BCUT2D eigenvalue weighted by Gasteiger charge is -2.10. The van der Waals surface area contributed by atoms with Gasteiger partial charge in [-0.2, -0.15) is 5.10 Å². The van der Waals surface area contributed by atoms with Crippen LogP contribution in [0.5, 0.6) is 11.5 Å². The number of anilines is 1. The Balaban J connectivity index is 2.18. The summed E-state index contributed by atoms with van der Waals surface area (Å²) in [5.41, 5.74) is 3.22. The number of phenolic OH excluding ortho intramolecular Hbond substituents is 1. The van der Waals surface area contributed by atoms with E-state index in [4.69, 9.17) is 4.74 Å². The topological polar surface area (TPSA) is 110 Å². The van der Waals surface area contributed by atoms with Gasteiger partial charge in [0.15, 0.2) is 11.5 Å². The van der Waals surface area contributed by atoms with E-state index < -0.39 is 4.92 Å². The van der Waals surface area contributed by atoms with Crippen molar-refractivity contribution in [3.05, 3.63) is 49.0 Å². The van der Waals surface area contributed by atoms with Gasteiger partial charge in [0.05, 0.1) is 22.2 Å².